The fourth-order valence-corrected chi connectivity index (χ4v) is 4.54. The van der Waals surface area contributed by atoms with E-state index in [0.717, 1.165) is 36.5 Å². The Kier molecular flexibility index (Phi) is 6.96. The molecule has 1 saturated heterocycles. The Hall–Kier alpha value is -3.77. The van der Waals surface area contributed by atoms with Crippen molar-refractivity contribution < 1.29 is 9.18 Å². The first-order valence-electron chi connectivity index (χ1n) is 11.7. The summed E-state index contributed by atoms with van der Waals surface area (Å²) < 4.78 is 14.6. The molecule has 5 heterocycles. The lowest BCUT2D eigenvalue weighted by Gasteiger charge is -2.38. The highest BCUT2D eigenvalue weighted by Gasteiger charge is 2.29. The van der Waals surface area contributed by atoms with Gasteiger partial charge < -0.3 is 20.2 Å². The summed E-state index contributed by atoms with van der Waals surface area (Å²) in [5.74, 6) is 5.89. The summed E-state index contributed by atoms with van der Waals surface area (Å²) in [5.41, 5.74) is 2.19. The number of aromatic nitrogens is 6. The molecular weight excluding hydrogens is 487 g/mol. The molecule has 13 heteroatoms. The van der Waals surface area contributed by atoms with Crippen LogP contribution in [0.5, 0.6) is 0 Å². The Morgan fingerprint density at radius 1 is 1.28 bits per heavy atom. The summed E-state index contributed by atoms with van der Waals surface area (Å²) in [6.45, 7) is 1.27. The zero-order valence-electron chi connectivity index (χ0n) is 19.4. The van der Waals surface area contributed by atoms with Crippen molar-refractivity contribution in [2.45, 2.75) is 31.7 Å². The number of anilines is 1. The van der Waals surface area contributed by atoms with Gasteiger partial charge in [-0.25, -0.2) is 35.0 Å². The van der Waals surface area contributed by atoms with Crippen molar-refractivity contribution in [2.24, 2.45) is 5.84 Å². The molecule has 4 aromatic heterocycles. The number of amides is 2. The number of nitrogens with one attached hydrogen (secondary N) is 3. The van der Waals surface area contributed by atoms with Crippen LogP contribution in [-0.4, -0.2) is 71.5 Å². The summed E-state index contributed by atoms with van der Waals surface area (Å²) in [6.07, 6.45) is 10.9. The van der Waals surface area contributed by atoms with Gasteiger partial charge in [0.2, 0.25) is 0 Å². The van der Waals surface area contributed by atoms with Gasteiger partial charge in [0, 0.05) is 61.3 Å². The van der Waals surface area contributed by atoms with Crippen molar-refractivity contribution >= 4 is 34.5 Å². The van der Waals surface area contributed by atoms with Crippen LogP contribution >= 0.6 is 11.6 Å². The molecule has 1 aliphatic rings. The molecule has 188 valence electrons. The van der Waals surface area contributed by atoms with Crippen molar-refractivity contribution in [3.63, 3.8) is 0 Å². The summed E-state index contributed by atoms with van der Waals surface area (Å²) in [6, 6.07) is 1.35. The second kappa shape index (κ2) is 10.5. The number of hydrogen-bond acceptors (Lipinski definition) is 7. The van der Waals surface area contributed by atoms with E-state index in [0.29, 0.717) is 48.1 Å². The van der Waals surface area contributed by atoms with Crippen molar-refractivity contribution in [2.75, 3.05) is 25.0 Å². The Labute approximate surface area is 211 Å². The molecule has 1 aliphatic heterocycles. The van der Waals surface area contributed by atoms with Gasteiger partial charge in [-0.3, -0.25) is 5.01 Å². The van der Waals surface area contributed by atoms with Crippen LogP contribution in [0.15, 0.2) is 37.2 Å². The molecule has 0 unspecified atom stereocenters. The minimum absolute atomic E-state index is 0.0613. The standard InChI is InChI=1S/C23H26ClFN10O/c24-14-7-17-18(11-30-20(17)28-8-14)21-31-12-19(25)22(33-21)29-10-16-3-1-2-5-34(16)23(36)35(26)6-4-15-9-27-13-32-15/h7-9,11-13,16H,1-6,10,26H2,(H,27,32)(H,28,30)(H,29,31,33)/t16-/m1/s1. The maximum atomic E-state index is 14.6. The quantitative estimate of drug-likeness (QED) is 0.169. The number of fused-ring (bicyclic) bond motifs is 1. The topological polar surface area (TPSA) is 145 Å². The van der Waals surface area contributed by atoms with Crippen LogP contribution in [0.1, 0.15) is 25.0 Å². The van der Waals surface area contributed by atoms with Crippen LogP contribution in [0.3, 0.4) is 0 Å². The first-order valence-corrected chi connectivity index (χ1v) is 12.1. The fraction of sp³-hybridized carbons (Fsp3) is 0.348. The molecule has 4 aromatic rings. The third kappa shape index (κ3) is 5.09. The van der Waals surface area contributed by atoms with Crippen LogP contribution in [0.4, 0.5) is 15.0 Å². The second-order valence-electron chi connectivity index (χ2n) is 8.67. The minimum atomic E-state index is -0.580. The molecule has 11 nitrogen and oxygen atoms in total. The summed E-state index contributed by atoms with van der Waals surface area (Å²) in [4.78, 5) is 37.6. The normalized spacial score (nSPS) is 15.9. The molecule has 1 fully saturated rings. The monoisotopic (exact) mass is 512 g/mol. The molecule has 0 aromatic carbocycles. The van der Waals surface area contributed by atoms with Gasteiger partial charge in [-0.2, -0.15) is 0 Å². The van der Waals surface area contributed by atoms with E-state index >= 15 is 0 Å². The van der Waals surface area contributed by atoms with Crippen molar-refractivity contribution in [3.05, 3.63) is 53.7 Å². The predicted octanol–water partition coefficient (Wildman–Crippen LogP) is 3.34. The fourth-order valence-electron chi connectivity index (χ4n) is 4.39. The Bertz CT molecular complexity index is 1340. The van der Waals surface area contributed by atoms with Crippen LogP contribution in [0.25, 0.3) is 22.4 Å². The number of nitrogens with zero attached hydrogens (tertiary/aromatic N) is 6. The lowest BCUT2D eigenvalue weighted by Crippen LogP contribution is -2.55. The van der Waals surface area contributed by atoms with Crippen LogP contribution in [0, 0.1) is 5.82 Å². The smallest absolute Gasteiger partial charge is 0.334 e. The largest absolute Gasteiger partial charge is 0.365 e. The zero-order valence-corrected chi connectivity index (χ0v) is 20.2. The van der Waals surface area contributed by atoms with Crippen LogP contribution in [-0.2, 0) is 6.42 Å². The van der Waals surface area contributed by atoms with Gasteiger partial charge >= 0.3 is 6.03 Å². The highest BCUT2D eigenvalue weighted by atomic mass is 35.5. The van der Waals surface area contributed by atoms with E-state index in [4.69, 9.17) is 17.4 Å². The van der Waals surface area contributed by atoms with Gasteiger partial charge in [-0.1, -0.05) is 11.6 Å². The number of piperidine rings is 1. The van der Waals surface area contributed by atoms with E-state index in [1.807, 2.05) is 0 Å². The van der Waals surface area contributed by atoms with E-state index in [-0.39, 0.29) is 17.9 Å². The van der Waals surface area contributed by atoms with Gasteiger partial charge in [-0.15, -0.1) is 0 Å². The average Bonchev–Trinajstić information content (AvgIpc) is 3.56. The average molecular weight is 513 g/mol. The molecule has 36 heavy (non-hydrogen) atoms. The number of hydrogen-bond donors (Lipinski definition) is 4. The molecule has 0 radical (unpaired) electrons. The molecule has 5 N–H and O–H groups in total. The Balaban J connectivity index is 1.28. The highest BCUT2D eigenvalue weighted by Crippen LogP contribution is 2.28. The third-order valence-corrected chi connectivity index (χ3v) is 6.49. The van der Waals surface area contributed by atoms with Crippen molar-refractivity contribution in [1.29, 1.82) is 0 Å². The number of H-pyrrole nitrogens is 2. The van der Waals surface area contributed by atoms with Crippen LogP contribution in [0.2, 0.25) is 5.02 Å². The van der Waals surface area contributed by atoms with Crippen LogP contribution < -0.4 is 11.2 Å². The molecule has 0 bridgehead atoms. The summed E-state index contributed by atoms with van der Waals surface area (Å²) >= 11 is 6.10. The Morgan fingerprint density at radius 2 is 2.17 bits per heavy atom. The minimum Gasteiger partial charge on any atom is -0.365 e. The first-order chi connectivity index (χ1) is 17.5. The molecule has 0 saturated carbocycles. The number of hydrazine groups is 1. The number of urea groups is 1. The number of rotatable bonds is 7. The molecule has 0 aliphatic carbocycles. The third-order valence-electron chi connectivity index (χ3n) is 6.28. The summed E-state index contributed by atoms with van der Waals surface area (Å²) in [5, 5.41) is 5.51. The van der Waals surface area contributed by atoms with Gasteiger partial charge in [0.05, 0.1) is 23.6 Å². The van der Waals surface area contributed by atoms with E-state index in [1.54, 1.807) is 35.9 Å². The molecule has 2 amide bonds. The van der Waals surface area contributed by atoms with E-state index in [1.165, 1.54) is 5.01 Å². The van der Waals surface area contributed by atoms with E-state index < -0.39 is 5.82 Å². The number of carbonyl (C=O) groups excluding carboxylic acids is 1. The highest BCUT2D eigenvalue weighted by molar-refractivity contribution is 6.31. The van der Waals surface area contributed by atoms with Gasteiger partial charge in [0.25, 0.3) is 0 Å². The molecule has 0 spiro atoms. The van der Waals surface area contributed by atoms with Crippen molar-refractivity contribution in [3.8, 4) is 11.4 Å². The second-order valence-corrected chi connectivity index (χ2v) is 9.11. The number of carbonyl (C=O) groups is 1. The lowest BCUT2D eigenvalue weighted by atomic mass is 10.0. The van der Waals surface area contributed by atoms with Gasteiger partial charge in [0.1, 0.15) is 5.65 Å². The zero-order chi connectivity index (χ0) is 25.1. The SMILES string of the molecule is NN(CCc1cnc[nH]1)C(=O)N1CCCC[C@@H]1CNc1nc(-c2c[nH]c3ncc(Cl)cc23)ncc1F. The Morgan fingerprint density at radius 3 is 3.00 bits per heavy atom. The number of likely N-dealkylation sites (tertiary alicyclic amines) is 1. The molecular formula is C23H26ClFN10O. The number of aromatic amines is 2. The van der Waals surface area contributed by atoms with E-state index in [2.05, 4.69) is 35.2 Å². The summed E-state index contributed by atoms with van der Waals surface area (Å²) in [7, 11) is 0. The predicted molar refractivity (Wildman–Crippen MR) is 134 cm³/mol. The lowest BCUT2D eigenvalue weighted by molar-refractivity contribution is 0.119. The molecule has 1 atom stereocenters. The number of halogens is 2. The van der Waals surface area contributed by atoms with E-state index in [9.17, 15) is 9.18 Å². The maximum absolute atomic E-state index is 14.6. The molecule has 5 rings (SSSR count). The van der Waals surface area contributed by atoms with Gasteiger partial charge in [0.15, 0.2) is 17.5 Å². The maximum Gasteiger partial charge on any atom is 0.334 e. The first kappa shape index (κ1) is 23.9. The van der Waals surface area contributed by atoms with Crippen molar-refractivity contribution in [1.82, 2.24) is 39.8 Å². The number of pyridine rings is 1. The van der Waals surface area contributed by atoms with Gasteiger partial charge in [-0.05, 0) is 25.3 Å². The number of imidazole rings is 1. The number of nitrogens with two attached hydrogens (primary N) is 1.